The van der Waals surface area contributed by atoms with Crippen molar-refractivity contribution < 1.29 is 18.8 Å². The molecule has 2 aliphatic rings. The highest BCUT2D eigenvalue weighted by Gasteiger charge is 2.38. The van der Waals surface area contributed by atoms with Gasteiger partial charge < -0.3 is 9.32 Å². The van der Waals surface area contributed by atoms with E-state index in [-0.39, 0.29) is 28.8 Å². The van der Waals surface area contributed by atoms with Crippen LogP contribution in [-0.2, 0) is 4.79 Å². The number of hydrogen-bond donors (Lipinski definition) is 0. The summed E-state index contributed by atoms with van der Waals surface area (Å²) in [7, 11) is 0. The van der Waals surface area contributed by atoms with Crippen LogP contribution in [0.25, 0.3) is 0 Å². The van der Waals surface area contributed by atoms with Crippen molar-refractivity contribution in [2.45, 2.75) is 18.9 Å². The summed E-state index contributed by atoms with van der Waals surface area (Å²) < 4.78 is 5.10. The SMILES string of the molecule is O=C(c1ccco1)N1CCC(N2C(=O)CSC2=O)CC1. The average molecular weight is 294 g/mol. The molecule has 3 amide bonds. The highest BCUT2D eigenvalue weighted by molar-refractivity contribution is 8.14. The van der Waals surface area contributed by atoms with Gasteiger partial charge in [-0.15, -0.1) is 0 Å². The normalized spacial score (nSPS) is 20.8. The number of amides is 3. The third kappa shape index (κ3) is 2.33. The van der Waals surface area contributed by atoms with Crippen molar-refractivity contribution in [3.63, 3.8) is 0 Å². The second kappa shape index (κ2) is 5.32. The Morgan fingerprint density at radius 2 is 2.05 bits per heavy atom. The van der Waals surface area contributed by atoms with Crippen LogP contribution >= 0.6 is 11.8 Å². The molecule has 1 aromatic rings. The maximum atomic E-state index is 12.1. The fourth-order valence-electron chi connectivity index (χ4n) is 2.60. The summed E-state index contributed by atoms with van der Waals surface area (Å²) in [6.45, 7) is 1.07. The number of rotatable bonds is 2. The van der Waals surface area contributed by atoms with E-state index in [1.807, 2.05) is 0 Å². The molecule has 6 nitrogen and oxygen atoms in total. The van der Waals surface area contributed by atoms with Crippen LogP contribution in [0.2, 0.25) is 0 Å². The van der Waals surface area contributed by atoms with Crippen LogP contribution in [-0.4, -0.2) is 51.7 Å². The van der Waals surface area contributed by atoms with E-state index in [0.717, 1.165) is 11.8 Å². The van der Waals surface area contributed by atoms with Gasteiger partial charge in [-0.1, -0.05) is 11.8 Å². The highest BCUT2D eigenvalue weighted by Crippen LogP contribution is 2.27. The van der Waals surface area contributed by atoms with Crippen molar-refractivity contribution in [3.8, 4) is 0 Å². The van der Waals surface area contributed by atoms with Crippen LogP contribution in [0.5, 0.6) is 0 Å². The largest absolute Gasteiger partial charge is 0.459 e. The van der Waals surface area contributed by atoms with Crippen LogP contribution in [0.4, 0.5) is 4.79 Å². The van der Waals surface area contributed by atoms with Crippen molar-refractivity contribution in [1.29, 1.82) is 0 Å². The maximum Gasteiger partial charge on any atom is 0.289 e. The molecule has 0 aromatic carbocycles. The molecular weight excluding hydrogens is 280 g/mol. The number of piperidine rings is 1. The van der Waals surface area contributed by atoms with E-state index in [1.54, 1.807) is 17.0 Å². The first-order chi connectivity index (χ1) is 9.66. The molecule has 20 heavy (non-hydrogen) atoms. The lowest BCUT2D eigenvalue weighted by Gasteiger charge is -2.35. The van der Waals surface area contributed by atoms with E-state index in [0.29, 0.717) is 31.7 Å². The molecule has 106 valence electrons. The molecule has 2 fully saturated rings. The number of likely N-dealkylation sites (tertiary alicyclic amines) is 1. The summed E-state index contributed by atoms with van der Waals surface area (Å²) >= 11 is 1.05. The third-order valence-corrected chi connectivity index (χ3v) is 4.47. The molecule has 0 atom stereocenters. The molecule has 0 spiro atoms. The van der Waals surface area contributed by atoms with E-state index in [4.69, 9.17) is 4.42 Å². The molecule has 0 bridgehead atoms. The lowest BCUT2D eigenvalue weighted by Crippen LogP contribution is -2.48. The van der Waals surface area contributed by atoms with Gasteiger partial charge in [0.05, 0.1) is 12.0 Å². The minimum atomic E-state index is -0.161. The van der Waals surface area contributed by atoms with Gasteiger partial charge in [-0.25, -0.2) is 0 Å². The number of furan rings is 1. The summed E-state index contributed by atoms with van der Waals surface area (Å²) in [5.74, 6) is 0.315. The van der Waals surface area contributed by atoms with E-state index >= 15 is 0 Å². The van der Waals surface area contributed by atoms with Gasteiger partial charge in [-0.05, 0) is 25.0 Å². The topological polar surface area (TPSA) is 70.8 Å². The Morgan fingerprint density at radius 1 is 1.30 bits per heavy atom. The predicted molar refractivity (Wildman–Crippen MR) is 72.3 cm³/mol. The number of thioether (sulfide) groups is 1. The second-order valence-electron chi connectivity index (χ2n) is 4.82. The van der Waals surface area contributed by atoms with E-state index < -0.39 is 0 Å². The van der Waals surface area contributed by atoms with Crippen molar-refractivity contribution in [3.05, 3.63) is 24.2 Å². The van der Waals surface area contributed by atoms with E-state index in [9.17, 15) is 14.4 Å². The number of nitrogens with zero attached hydrogens (tertiary/aromatic N) is 2. The van der Waals surface area contributed by atoms with Crippen LogP contribution < -0.4 is 0 Å². The lowest BCUT2D eigenvalue weighted by atomic mass is 10.0. The molecule has 0 saturated carbocycles. The van der Waals surface area contributed by atoms with Crippen molar-refractivity contribution >= 4 is 28.8 Å². The van der Waals surface area contributed by atoms with Crippen LogP contribution in [0.1, 0.15) is 23.4 Å². The first-order valence-corrected chi connectivity index (χ1v) is 7.47. The molecule has 2 saturated heterocycles. The number of hydrogen-bond acceptors (Lipinski definition) is 5. The molecule has 1 aromatic heterocycles. The Hall–Kier alpha value is -1.76. The zero-order valence-electron chi connectivity index (χ0n) is 10.8. The first kappa shape index (κ1) is 13.2. The predicted octanol–water partition coefficient (Wildman–Crippen LogP) is 1.58. The minimum Gasteiger partial charge on any atom is -0.459 e. The Labute approximate surface area is 120 Å². The Kier molecular flexibility index (Phi) is 3.52. The van der Waals surface area contributed by atoms with Crippen molar-refractivity contribution in [1.82, 2.24) is 9.80 Å². The summed E-state index contributed by atoms with van der Waals surface area (Å²) in [5.41, 5.74) is 0. The summed E-state index contributed by atoms with van der Waals surface area (Å²) in [6.07, 6.45) is 2.73. The Bertz CT molecular complexity index is 519. The average Bonchev–Trinajstić information content (AvgIpc) is 3.09. The lowest BCUT2D eigenvalue weighted by molar-refractivity contribution is -0.126. The van der Waals surface area contributed by atoms with Gasteiger partial charge in [0, 0.05) is 19.1 Å². The minimum absolute atomic E-state index is 0.0781. The molecular formula is C13H14N2O4S. The molecule has 0 radical (unpaired) electrons. The summed E-state index contributed by atoms with van der Waals surface area (Å²) in [6, 6.07) is 3.24. The maximum absolute atomic E-state index is 12.1. The monoisotopic (exact) mass is 294 g/mol. The van der Waals surface area contributed by atoms with Gasteiger partial charge in [0.15, 0.2) is 5.76 Å². The quantitative estimate of drug-likeness (QED) is 0.828. The second-order valence-corrected chi connectivity index (χ2v) is 5.75. The fourth-order valence-corrected chi connectivity index (χ4v) is 3.38. The molecule has 3 rings (SSSR count). The number of carbonyl (C=O) groups excluding carboxylic acids is 3. The third-order valence-electron chi connectivity index (χ3n) is 3.63. The van der Waals surface area contributed by atoms with Crippen LogP contribution in [0, 0.1) is 0 Å². The van der Waals surface area contributed by atoms with Gasteiger partial charge in [0.1, 0.15) is 0 Å². The van der Waals surface area contributed by atoms with E-state index in [2.05, 4.69) is 0 Å². The Morgan fingerprint density at radius 3 is 2.60 bits per heavy atom. The standard InChI is InChI=1S/C13H14N2O4S/c16-11-8-20-13(18)15(11)9-3-5-14(6-4-9)12(17)10-2-1-7-19-10/h1-2,7,9H,3-6,8H2. The zero-order chi connectivity index (χ0) is 14.1. The molecule has 0 aliphatic carbocycles. The van der Waals surface area contributed by atoms with Gasteiger partial charge in [-0.3, -0.25) is 19.3 Å². The van der Waals surface area contributed by atoms with Crippen molar-refractivity contribution in [2.24, 2.45) is 0 Å². The van der Waals surface area contributed by atoms with Gasteiger partial charge in [0.2, 0.25) is 5.91 Å². The van der Waals surface area contributed by atoms with Gasteiger partial charge >= 0.3 is 0 Å². The highest BCUT2D eigenvalue weighted by atomic mass is 32.2. The molecule has 2 aliphatic heterocycles. The molecule has 0 unspecified atom stereocenters. The number of imide groups is 1. The van der Waals surface area contributed by atoms with E-state index in [1.165, 1.54) is 11.2 Å². The van der Waals surface area contributed by atoms with Gasteiger partial charge in [0.25, 0.3) is 11.1 Å². The fraction of sp³-hybridized carbons (Fsp3) is 0.462. The van der Waals surface area contributed by atoms with Crippen molar-refractivity contribution in [2.75, 3.05) is 18.8 Å². The van der Waals surface area contributed by atoms with Gasteiger partial charge in [-0.2, -0.15) is 0 Å². The molecule has 3 heterocycles. The molecule has 0 N–H and O–H groups in total. The van der Waals surface area contributed by atoms with Crippen LogP contribution in [0.15, 0.2) is 22.8 Å². The summed E-state index contributed by atoms with van der Waals surface area (Å²) in [5, 5.41) is -0.161. The molecule has 7 heteroatoms. The number of carbonyl (C=O) groups is 3. The first-order valence-electron chi connectivity index (χ1n) is 6.48. The summed E-state index contributed by atoms with van der Waals surface area (Å²) in [4.78, 5) is 38.5. The smallest absolute Gasteiger partial charge is 0.289 e. The zero-order valence-corrected chi connectivity index (χ0v) is 11.6. The Balaban J connectivity index is 1.61. The van der Waals surface area contributed by atoms with Crippen LogP contribution in [0.3, 0.4) is 0 Å².